The minimum atomic E-state index is -0.261. The van der Waals surface area contributed by atoms with Crippen LogP contribution in [0.3, 0.4) is 0 Å². The first-order valence-corrected chi connectivity index (χ1v) is 5.03. The largest absolute Gasteiger partial charge is 0.354 e. The SMILES string of the molecule is CCN(C)C(=O)c1ccc(C(=O)NC)nc1. The Labute approximate surface area is 94.5 Å². The van der Waals surface area contributed by atoms with Crippen LogP contribution in [0.2, 0.25) is 0 Å². The van der Waals surface area contributed by atoms with Crippen LogP contribution in [0.15, 0.2) is 18.3 Å². The fraction of sp³-hybridized carbons (Fsp3) is 0.364. The highest BCUT2D eigenvalue weighted by Crippen LogP contribution is 2.03. The van der Waals surface area contributed by atoms with Crippen LogP contribution < -0.4 is 5.32 Å². The second kappa shape index (κ2) is 5.25. The molecule has 2 amide bonds. The topological polar surface area (TPSA) is 62.3 Å². The molecular weight excluding hydrogens is 206 g/mol. The third-order valence-electron chi connectivity index (χ3n) is 2.29. The van der Waals surface area contributed by atoms with E-state index in [1.54, 1.807) is 18.0 Å². The minimum Gasteiger partial charge on any atom is -0.354 e. The molecule has 0 aliphatic rings. The first kappa shape index (κ1) is 12.2. The first-order chi connectivity index (χ1) is 7.60. The van der Waals surface area contributed by atoms with Crippen LogP contribution in [0.25, 0.3) is 0 Å². The van der Waals surface area contributed by atoms with E-state index in [1.165, 1.54) is 19.3 Å². The Hall–Kier alpha value is -1.91. The highest BCUT2D eigenvalue weighted by Gasteiger charge is 2.11. The van der Waals surface area contributed by atoms with Gasteiger partial charge >= 0.3 is 0 Å². The maximum atomic E-state index is 11.7. The number of hydrogen-bond acceptors (Lipinski definition) is 3. The van der Waals surface area contributed by atoms with E-state index in [4.69, 9.17) is 0 Å². The van der Waals surface area contributed by atoms with Gasteiger partial charge in [-0.15, -0.1) is 0 Å². The second-order valence-corrected chi connectivity index (χ2v) is 3.33. The molecule has 0 atom stereocenters. The van der Waals surface area contributed by atoms with Crippen molar-refractivity contribution in [1.82, 2.24) is 15.2 Å². The fourth-order valence-corrected chi connectivity index (χ4v) is 1.15. The van der Waals surface area contributed by atoms with Crippen LogP contribution in [0.1, 0.15) is 27.8 Å². The summed E-state index contributed by atoms with van der Waals surface area (Å²) in [5.41, 5.74) is 0.787. The van der Waals surface area contributed by atoms with Gasteiger partial charge in [-0.25, -0.2) is 0 Å². The molecular formula is C11H15N3O2. The normalized spacial score (nSPS) is 9.69. The van der Waals surface area contributed by atoms with Crippen molar-refractivity contribution < 1.29 is 9.59 Å². The summed E-state index contributed by atoms with van der Waals surface area (Å²) in [6.45, 7) is 2.53. The standard InChI is InChI=1S/C11H15N3O2/c1-4-14(3)11(16)8-5-6-9(13-7-8)10(15)12-2/h5-7H,4H2,1-3H3,(H,12,15). The molecule has 86 valence electrons. The summed E-state index contributed by atoms with van der Waals surface area (Å²) >= 11 is 0. The Kier molecular flexibility index (Phi) is 3.99. The van der Waals surface area contributed by atoms with Crippen molar-refractivity contribution in [3.63, 3.8) is 0 Å². The molecule has 0 spiro atoms. The molecule has 16 heavy (non-hydrogen) atoms. The van der Waals surface area contributed by atoms with Crippen molar-refractivity contribution in [2.75, 3.05) is 20.6 Å². The summed E-state index contributed by atoms with van der Waals surface area (Å²) in [7, 11) is 3.25. The third-order valence-corrected chi connectivity index (χ3v) is 2.29. The quantitative estimate of drug-likeness (QED) is 0.810. The van der Waals surface area contributed by atoms with E-state index in [0.717, 1.165) is 0 Å². The predicted octanol–water partition coefficient (Wildman–Crippen LogP) is 0.533. The lowest BCUT2D eigenvalue weighted by atomic mass is 10.2. The van der Waals surface area contributed by atoms with Crippen LogP contribution in [-0.4, -0.2) is 42.3 Å². The molecule has 1 aromatic heterocycles. The Balaban J connectivity index is 2.87. The van der Waals surface area contributed by atoms with Crippen LogP contribution in [0.5, 0.6) is 0 Å². The number of aromatic nitrogens is 1. The molecule has 0 aliphatic heterocycles. The van der Waals surface area contributed by atoms with Crippen molar-refractivity contribution >= 4 is 11.8 Å². The number of carbonyl (C=O) groups excluding carboxylic acids is 2. The van der Waals surface area contributed by atoms with Gasteiger partial charge in [0.1, 0.15) is 5.69 Å². The maximum Gasteiger partial charge on any atom is 0.269 e. The summed E-state index contributed by atoms with van der Waals surface area (Å²) < 4.78 is 0. The Bertz CT molecular complexity index is 387. The molecule has 0 radical (unpaired) electrons. The van der Waals surface area contributed by atoms with Crippen LogP contribution in [0, 0.1) is 0 Å². The Morgan fingerprint density at radius 1 is 1.44 bits per heavy atom. The summed E-state index contributed by atoms with van der Waals surface area (Å²) in [4.78, 5) is 28.4. The van der Waals surface area contributed by atoms with Gasteiger partial charge in [0.25, 0.3) is 11.8 Å². The molecule has 5 heteroatoms. The average molecular weight is 221 g/mol. The van der Waals surface area contributed by atoms with Gasteiger partial charge in [-0.1, -0.05) is 0 Å². The monoisotopic (exact) mass is 221 g/mol. The van der Waals surface area contributed by atoms with Crippen LogP contribution >= 0.6 is 0 Å². The molecule has 0 unspecified atom stereocenters. The highest BCUT2D eigenvalue weighted by atomic mass is 16.2. The average Bonchev–Trinajstić information content (AvgIpc) is 2.36. The van der Waals surface area contributed by atoms with E-state index in [9.17, 15) is 9.59 Å². The molecule has 1 rings (SSSR count). The molecule has 0 fully saturated rings. The van der Waals surface area contributed by atoms with Crippen molar-refractivity contribution in [2.24, 2.45) is 0 Å². The van der Waals surface area contributed by atoms with Gasteiger partial charge in [0.2, 0.25) is 0 Å². The lowest BCUT2D eigenvalue weighted by Gasteiger charge is -2.13. The lowest BCUT2D eigenvalue weighted by molar-refractivity contribution is 0.0801. The summed E-state index contributed by atoms with van der Waals surface area (Å²) in [5, 5.41) is 2.47. The molecule has 1 aromatic rings. The molecule has 0 aromatic carbocycles. The van der Waals surface area contributed by atoms with E-state index < -0.39 is 0 Å². The fourth-order valence-electron chi connectivity index (χ4n) is 1.15. The van der Waals surface area contributed by atoms with Crippen molar-refractivity contribution in [1.29, 1.82) is 0 Å². The van der Waals surface area contributed by atoms with E-state index in [0.29, 0.717) is 17.8 Å². The van der Waals surface area contributed by atoms with Gasteiger partial charge < -0.3 is 10.2 Å². The van der Waals surface area contributed by atoms with Gasteiger partial charge in [-0.05, 0) is 19.1 Å². The van der Waals surface area contributed by atoms with Gasteiger partial charge in [0.05, 0.1) is 5.56 Å². The first-order valence-electron chi connectivity index (χ1n) is 5.03. The van der Waals surface area contributed by atoms with E-state index >= 15 is 0 Å². The van der Waals surface area contributed by atoms with Gasteiger partial charge in [0, 0.05) is 26.8 Å². The molecule has 0 bridgehead atoms. The zero-order valence-electron chi connectivity index (χ0n) is 9.65. The van der Waals surface area contributed by atoms with E-state index in [1.807, 2.05) is 6.92 Å². The Morgan fingerprint density at radius 3 is 2.56 bits per heavy atom. The Morgan fingerprint density at radius 2 is 2.12 bits per heavy atom. The number of hydrogen-bond donors (Lipinski definition) is 1. The molecule has 0 aliphatic carbocycles. The highest BCUT2D eigenvalue weighted by molar-refractivity contribution is 5.96. The lowest BCUT2D eigenvalue weighted by Crippen LogP contribution is -2.26. The van der Waals surface area contributed by atoms with Crippen molar-refractivity contribution in [2.45, 2.75) is 6.92 Å². The van der Waals surface area contributed by atoms with Crippen molar-refractivity contribution in [3.05, 3.63) is 29.6 Å². The van der Waals surface area contributed by atoms with Crippen LogP contribution in [-0.2, 0) is 0 Å². The summed E-state index contributed by atoms with van der Waals surface area (Å²) in [5.74, 6) is -0.360. The molecule has 0 saturated heterocycles. The van der Waals surface area contributed by atoms with Crippen LogP contribution in [0.4, 0.5) is 0 Å². The maximum absolute atomic E-state index is 11.7. The summed E-state index contributed by atoms with van der Waals surface area (Å²) in [6.07, 6.45) is 1.42. The molecule has 1 N–H and O–H groups in total. The third kappa shape index (κ3) is 2.56. The molecule has 1 heterocycles. The number of nitrogens with zero attached hydrogens (tertiary/aromatic N) is 2. The van der Waals surface area contributed by atoms with E-state index in [2.05, 4.69) is 10.3 Å². The molecule has 5 nitrogen and oxygen atoms in total. The van der Waals surface area contributed by atoms with Crippen molar-refractivity contribution in [3.8, 4) is 0 Å². The number of carbonyl (C=O) groups is 2. The minimum absolute atomic E-state index is 0.0987. The zero-order chi connectivity index (χ0) is 12.1. The number of amides is 2. The molecule has 0 saturated carbocycles. The smallest absolute Gasteiger partial charge is 0.269 e. The predicted molar refractivity (Wildman–Crippen MR) is 60.3 cm³/mol. The van der Waals surface area contributed by atoms with Gasteiger partial charge in [0.15, 0.2) is 0 Å². The van der Waals surface area contributed by atoms with E-state index in [-0.39, 0.29) is 11.8 Å². The second-order valence-electron chi connectivity index (χ2n) is 3.33. The number of pyridine rings is 1. The summed E-state index contributed by atoms with van der Waals surface area (Å²) in [6, 6.07) is 3.14. The van der Waals surface area contributed by atoms with Gasteiger partial charge in [-0.3, -0.25) is 14.6 Å². The van der Waals surface area contributed by atoms with Gasteiger partial charge in [-0.2, -0.15) is 0 Å². The number of rotatable bonds is 3. The zero-order valence-corrected chi connectivity index (χ0v) is 9.65. The number of nitrogens with one attached hydrogen (secondary N) is 1.